The van der Waals surface area contributed by atoms with Crippen LogP contribution < -0.4 is 10.2 Å². The first-order chi connectivity index (χ1) is 14.9. The number of rotatable bonds is 7. The Hall–Kier alpha value is -3.26. The second-order valence-corrected chi connectivity index (χ2v) is 8.00. The van der Waals surface area contributed by atoms with Crippen LogP contribution in [0.4, 0.5) is 14.9 Å². The number of benzene rings is 2. The average molecular weight is 425 g/mol. The van der Waals surface area contributed by atoms with E-state index >= 15 is 0 Å². The SMILES string of the molecule is CC(=O)NC[C@H]1CN(c2ccc(-c3ccc(CN4CC(C=O)C4)cc3)c(F)c2)C(=O)O1. The molecule has 0 radical (unpaired) electrons. The molecule has 0 spiro atoms. The molecule has 2 aromatic carbocycles. The van der Waals surface area contributed by atoms with E-state index in [9.17, 15) is 18.8 Å². The van der Waals surface area contributed by atoms with Crippen molar-refractivity contribution in [1.29, 1.82) is 0 Å². The van der Waals surface area contributed by atoms with Crippen LogP contribution in [-0.2, 0) is 20.9 Å². The number of ether oxygens (including phenoxy) is 1. The van der Waals surface area contributed by atoms with E-state index < -0.39 is 18.0 Å². The van der Waals surface area contributed by atoms with Crippen LogP contribution >= 0.6 is 0 Å². The Kier molecular flexibility index (Phi) is 5.99. The number of carbonyl (C=O) groups excluding carboxylic acids is 3. The molecule has 0 aromatic heterocycles. The van der Waals surface area contributed by atoms with Crippen LogP contribution in [0.1, 0.15) is 12.5 Å². The van der Waals surface area contributed by atoms with Gasteiger partial charge in [-0.1, -0.05) is 24.3 Å². The summed E-state index contributed by atoms with van der Waals surface area (Å²) >= 11 is 0. The van der Waals surface area contributed by atoms with Crippen LogP contribution in [0.3, 0.4) is 0 Å². The zero-order chi connectivity index (χ0) is 22.0. The van der Waals surface area contributed by atoms with E-state index in [0.717, 1.165) is 37.0 Å². The topological polar surface area (TPSA) is 79.0 Å². The number of aldehydes is 1. The first-order valence-corrected chi connectivity index (χ1v) is 10.2. The summed E-state index contributed by atoms with van der Waals surface area (Å²) in [7, 11) is 0. The van der Waals surface area contributed by atoms with Gasteiger partial charge in [-0.15, -0.1) is 0 Å². The van der Waals surface area contributed by atoms with E-state index in [2.05, 4.69) is 10.2 Å². The first-order valence-electron chi connectivity index (χ1n) is 10.2. The van der Waals surface area contributed by atoms with Gasteiger partial charge in [0.2, 0.25) is 5.91 Å². The quantitative estimate of drug-likeness (QED) is 0.690. The summed E-state index contributed by atoms with van der Waals surface area (Å²) in [5, 5.41) is 2.62. The molecule has 0 saturated carbocycles. The molecule has 2 heterocycles. The lowest BCUT2D eigenvalue weighted by Gasteiger charge is -2.36. The predicted molar refractivity (Wildman–Crippen MR) is 113 cm³/mol. The van der Waals surface area contributed by atoms with Gasteiger partial charge in [0.05, 0.1) is 18.8 Å². The van der Waals surface area contributed by atoms with Crippen LogP contribution in [-0.4, -0.2) is 55.5 Å². The molecule has 2 fully saturated rings. The fourth-order valence-corrected chi connectivity index (χ4v) is 3.88. The van der Waals surface area contributed by atoms with Gasteiger partial charge in [0.15, 0.2) is 0 Å². The lowest BCUT2D eigenvalue weighted by molar-refractivity contribution is -0.119. The van der Waals surface area contributed by atoms with Gasteiger partial charge in [-0.25, -0.2) is 9.18 Å². The van der Waals surface area contributed by atoms with Gasteiger partial charge in [-0.05, 0) is 29.3 Å². The number of nitrogens with zero attached hydrogens (tertiary/aromatic N) is 2. The van der Waals surface area contributed by atoms with Crippen LogP contribution in [0.2, 0.25) is 0 Å². The predicted octanol–water partition coefficient (Wildman–Crippen LogP) is 2.58. The molecule has 2 saturated heterocycles. The fraction of sp³-hybridized carbons (Fsp3) is 0.348. The largest absolute Gasteiger partial charge is 0.442 e. The third kappa shape index (κ3) is 4.74. The summed E-state index contributed by atoms with van der Waals surface area (Å²) in [6, 6.07) is 12.3. The highest BCUT2D eigenvalue weighted by Gasteiger charge is 2.32. The molecule has 2 aliphatic heterocycles. The maximum Gasteiger partial charge on any atom is 0.414 e. The van der Waals surface area contributed by atoms with Crippen molar-refractivity contribution in [2.45, 2.75) is 19.6 Å². The van der Waals surface area contributed by atoms with Crippen molar-refractivity contribution in [3.05, 3.63) is 53.8 Å². The Balaban J connectivity index is 1.41. The van der Waals surface area contributed by atoms with Crippen molar-refractivity contribution in [3.8, 4) is 11.1 Å². The molecule has 1 atom stereocenters. The molecule has 7 nitrogen and oxygen atoms in total. The Morgan fingerprint density at radius 3 is 2.58 bits per heavy atom. The molecule has 0 unspecified atom stereocenters. The third-order valence-corrected chi connectivity index (χ3v) is 5.57. The van der Waals surface area contributed by atoms with Crippen molar-refractivity contribution in [2.24, 2.45) is 5.92 Å². The molecule has 0 aliphatic carbocycles. The molecule has 2 amide bonds. The highest BCUT2D eigenvalue weighted by Crippen LogP contribution is 2.29. The third-order valence-electron chi connectivity index (χ3n) is 5.57. The first kappa shape index (κ1) is 21.0. The van der Waals surface area contributed by atoms with E-state index in [1.807, 2.05) is 24.3 Å². The summed E-state index contributed by atoms with van der Waals surface area (Å²) < 4.78 is 20.1. The van der Waals surface area contributed by atoms with E-state index in [-0.39, 0.29) is 24.9 Å². The molecule has 2 aliphatic rings. The van der Waals surface area contributed by atoms with Crippen LogP contribution in [0.25, 0.3) is 11.1 Å². The number of carbonyl (C=O) groups is 3. The maximum atomic E-state index is 14.8. The molecule has 4 rings (SSSR count). The second-order valence-electron chi connectivity index (χ2n) is 8.00. The molecule has 8 heteroatoms. The zero-order valence-electron chi connectivity index (χ0n) is 17.2. The number of amides is 2. The number of anilines is 1. The number of hydrogen-bond donors (Lipinski definition) is 1. The highest BCUT2D eigenvalue weighted by molar-refractivity contribution is 5.90. The maximum absolute atomic E-state index is 14.8. The van der Waals surface area contributed by atoms with Crippen LogP contribution in [0.15, 0.2) is 42.5 Å². The Morgan fingerprint density at radius 2 is 1.94 bits per heavy atom. The monoisotopic (exact) mass is 425 g/mol. The number of halogens is 1. The molecular weight excluding hydrogens is 401 g/mol. The smallest absolute Gasteiger partial charge is 0.414 e. The van der Waals surface area contributed by atoms with Crippen molar-refractivity contribution in [3.63, 3.8) is 0 Å². The fourth-order valence-electron chi connectivity index (χ4n) is 3.88. The van der Waals surface area contributed by atoms with Gasteiger partial charge in [-0.3, -0.25) is 14.6 Å². The normalized spacial score (nSPS) is 19.1. The number of hydrogen-bond acceptors (Lipinski definition) is 5. The van der Waals surface area contributed by atoms with E-state index in [4.69, 9.17) is 4.74 Å². The average Bonchev–Trinajstić information content (AvgIpc) is 3.10. The Bertz CT molecular complexity index is 989. The van der Waals surface area contributed by atoms with Gasteiger partial charge in [0.1, 0.15) is 18.2 Å². The lowest BCUT2D eigenvalue weighted by Crippen LogP contribution is -2.46. The van der Waals surface area contributed by atoms with Gasteiger partial charge >= 0.3 is 6.09 Å². The molecule has 31 heavy (non-hydrogen) atoms. The molecule has 1 N–H and O–H groups in total. The summed E-state index contributed by atoms with van der Waals surface area (Å²) in [6.07, 6.45) is -0.0357. The van der Waals surface area contributed by atoms with E-state index in [0.29, 0.717) is 11.3 Å². The number of cyclic esters (lactones) is 1. The van der Waals surface area contributed by atoms with Gasteiger partial charge in [-0.2, -0.15) is 0 Å². The van der Waals surface area contributed by atoms with E-state index in [1.165, 1.54) is 17.9 Å². The summed E-state index contributed by atoms with van der Waals surface area (Å²) in [5.41, 5.74) is 2.71. The highest BCUT2D eigenvalue weighted by atomic mass is 19.1. The van der Waals surface area contributed by atoms with Gasteiger partial charge < -0.3 is 14.8 Å². The van der Waals surface area contributed by atoms with Crippen molar-refractivity contribution >= 4 is 24.0 Å². The standard InChI is InChI=1S/C23H24FN3O4/c1-15(29)25-9-20-13-27(23(30)31-20)19-6-7-21(22(24)8-19)18-4-2-16(3-5-18)10-26-11-17(12-26)14-28/h2-8,14,17,20H,9-13H2,1H3,(H,25,29)/t20-/m0/s1. The molecule has 0 bridgehead atoms. The lowest BCUT2D eigenvalue weighted by atomic mass is 9.99. The zero-order valence-corrected chi connectivity index (χ0v) is 17.2. The van der Waals surface area contributed by atoms with Crippen molar-refractivity contribution in [1.82, 2.24) is 10.2 Å². The summed E-state index contributed by atoms with van der Waals surface area (Å²) in [5.74, 6) is -0.494. The van der Waals surface area contributed by atoms with Crippen molar-refractivity contribution < 1.29 is 23.5 Å². The number of likely N-dealkylation sites (tertiary alicyclic amines) is 1. The molecular formula is C23H24FN3O4. The Labute approximate surface area is 179 Å². The molecule has 162 valence electrons. The van der Waals surface area contributed by atoms with Crippen molar-refractivity contribution in [2.75, 3.05) is 31.1 Å². The summed E-state index contributed by atoms with van der Waals surface area (Å²) in [4.78, 5) is 37.4. The van der Waals surface area contributed by atoms with Crippen LogP contribution in [0, 0.1) is 11.7 Å². The minimum Gasteiger partial charge on any atom is -0.442 e. The minimum absolute atomic E-state index is 0.139. The summed E-state index contributed by atoms with van der Waals surface area (Å²) in [6.45, 7) is 4.19. The van der Waals surface area contributed by atoms with Crippen LogP contribution in [0.5, 0.6) is 0 Å². The van der Waals surface area contributed by atoms with E-state index in [1.54, 1.807) is 12.1 Å². The minimum atomic E-state index is -0.560. The van der Waals surface area contributed by atoms with Gasteiger partial charge in [0, 0.05) is 38.0 Å². The Morgan fingerprint density at radius 1 is 1.19 bits per heavy atom. The molecule has 2 aromatic rings. The number of nitrogens with one attached hydrogen (secondary N) is 1. The second kappa shape index (κ2) is 8.85. The van der Waals surface area contributed by atoms with Gasteiger partial charge in [0.25, 0.3) is 0 Å².